The lowest BCUT2D eigenvalue weighted by molar-refractivity contribution is 0.337. The number of hydrogen-bond acceptors (Lipinski definition) is 6. The molecule has 0 saturated carbocycles. The molecule has 27 heavy (non-hydrogen) atoms. The Kier molecular flexibility index (Phi) is 6.98. The summed E-state index contributed by atoms with van der Waals surface area (Å²) in [4.78, 5) is 15.5. The van der Waals surface area contributed by atoms with E-state index < -0.39 is 3.79 Å². The van der Waals surface area contributed by atoms with Crippen LogP contribution in [-0.2, 0) is 3.79 Å². The minimum absolute atomic E-state index is 0.0929. The average molecular weight is 431 g/mol. The van der Waals surface area contributed by atoms with E-state index in [-0.39, 0.29) is 5.82 Å². The minimum atomic E-state index is -1.73. The van der Waals surface area contributed by atoms with Crippen molar-refractivity contribution in [2.24, 2.45) is 0 Å². The van der Waals surface area contributed by atoms with Crippen LogP contribution >= 0.6 is 34.8 Å². The number of nitrogens with zero attached hydrogens (tertiary/aromatic N) is 4. The van der Waals surface area contributed by atoms with E-state index in [0.717, 1.165) is 30.8 Å². The van der Waals surface area contributed by atoms with E-state index in [2.05, 4.69) is 25.2 Å². The number of anilines is 1. The highest BCUT2D eigenvalue weighted by Crippen LogP contribution is 2.36. The van der Waals surface area contributed by atoms with Gasteiger partial charge in [-0.3, -0.25) is 0 Å². The van der Waals surface area contributed by atoms with Crippen molar-refractivity contribution in [3.63, 3.8) is 0 Å². The number of nitrogens with one attached hydrogen (secondary N) is 1. The highest BCUT2D eigenvalue weighted by molar-refractivity contribution is 6.66. The number of rotatable bonds is 7. The number of alkyl halides is 3. The molecule has 1 aliphatic rings. The molecule has 1 aromatic carbocycles. The molecule has 6 nitrogen and oxygen atoms in total. The first-order valence-electron chi connectivity index (χ1n) is 8.89. The molecule has 0 aliphatic carbocycles. The van der Waals surface area contributed by atoms with Crippen LogP contribution in [-0.4, -0.2) is 53.1 Å². The standard InChI is InChI=1S/C18H22Cl3N5O/c1-27-14-7-5-13(6-8-14)15-23-16(18(19,20)21)25-17(24-15)22-9-4-12-26-10-2-3-11-26/h5-8H,2-4,9-12H2,1H3,(H,22,23,24,25). The lowest BCUT2D eigenvalue weighted by atomic mass is 10.2. The second-order valence-corrected chi connectivity index (χ2v) is 8.64. The fourth-order valence-corrected chi connectivity index (χ4v) is 3.21. The van der Waals surface area contributed by atoms with Gasteiger partial charge in [0.25, 0.3) is 0 Å². The first-order chi connectivity index (χ1) is 13.0. The average Bonchev–Trinajstić information content (AvgIpc) is 3.18. The van der Waals surface area contributed by atoms with Crippen LogP contribution in [0.4, 0.5) is 5.95 Å². The van der Waals surface area contributed by atoms with Crippen molar-refractivity contribution in [3.8, 4) is 17.1 Å². The molecule has 0 amide bonds. The van der Waals surface area contributed by atoms with Crippen LogP contribution in [0.15, 0.2) is 24.3 Å². The predicted molar refractivity (Wildman–Crippen MR) is 110 cm³/mol. The lowest BCUT2D eigenvalue weighted by Crippen LogP contribution is -2.23. The third-order valence-corrected chi connectivity index (χ3v) is 4.88. The highest BCUT2D eigenvalue weighted by Gasteiger charge is 2.28. The SMILES string of the molecule is COc1ccc(-c2nc(NCCCN3CCCC3)nc(C(Cl)(Cl)Cl)n2)cc1. The summed E-state index contributed by atoms with van der Waals surface area (Å²) >= 11 is 18.0. The monoisotopic (exact) mass is 429 g/mol. The molecule has 0 bridgehead atoms. The normalized spacial score (nSPS) is 15.1. The minimum Gasteiger partial charge on any atom is -0.497 e. The van der Waals surface area contributed by atoms with Crippen molar-refractivity contribution >= 4 is 40.8 Å². The zero-order valence-electron chi connectivity index (χ0n) is 15.1. The topological polar surface area (TPSA) is 63.2 Å². The van der Waals surface area contributed by atoms with Gasteiger partial charge in [-0.1, -0.05) is 34.8 Å². The first-order valence-corrected chi connectivity index (χ1v) is 10.0. The van der Waals surface area contributed by atoms with E-state index in [4.69, 9.17) is 39.5 Å². The van der Waals surface area contributed by atoms with Crippen LogP contribution in [0.1, 0.15) is 25.1 Å². The molecule has 146 valence electrons. The fraction of sp³-hybridized carbons (Fsp3) is 0.500. The molecular weight excluding hydrogens is 409 g/mol. The molecule has 0 spiro atoms. The number of benzene rings is 1. The van der Waals surface area contributed by atoms with Crippen LogP contribution in [0.3, 0.4) is 0 Å². The van der Waals surface area contributed by atoms with Gasteiger partial charge in [0.2, 0.25) is 9.74 Å². The maximum absolute atomic E-state index is 6.01. The molecular formula is C18H22Cl3N5O. The maximum atomic E-state index is 6.01. The maximum Gasteiger partial charge on any atom is 0.250 e. The van der Waals surface area contributed by atoms with Gasteiger partial charge in [0, 0.05) is 12.1 Å². The molecule has 0 atom stereocenters. The molecule has 1 N–H and O–H groups in total. The van der Waals surface area contributed by atoms with Gasteiger partial charge < -0.3 is 15.0 Å². The Labute approximate surface area is 174 Å². The molecule has 1 fully saturated rings. The van der Waals surface area contributed by atoms with Crippen molar-refractivity contribution in [1.29, 1.82) is 0 Å². The van der Waals surface area contributed by atoms with E-state index in [1.165, 1.54) is 25.9 Å². The summed E-state index contributed by atoms with van der Waals surface area (Å²) < 4.78 is 3.46. The third-order valence-electron chi connectivity index (χ3n) is 4.37. The quantitative estimate of drug-likeness (QED) is 0.523. The Morgan fingerprint density at radius 1 is 1.07 bits per heavy atom. The number of halogens is 3. The van der Waals surface area contributed by atoms with Gasteiger partial charge in [0.1, 0.15) is 5.75 Å². The molecule has 9 heteroatoms. The molecule has 1 aliphatic heterocycles. The van der Waals surface area contributed by atoms with Crippen LogP contribution in [0.5, 0.6) is 5.75 Å². The number of aromatic nitrogens is 3. The van der Waals surface area contributed by atoms with Gasteiger partial charge in [0.15, 0.2) is 11.6 Å². The highest BCUT2D eigenvalue weighted by atomic mass is 35.6. The summed E-state index contributed by atoms with van der Waals surface area (Å²) in [5, 5.41) is 3.22. The Morgan fingerprint density at radius 3 is 2.41 bits per heavy atom. The summed E-state index contributed by atoms with van der Waals surface area (Å²) in [6.45, 7) is 4.16. The molecule has 2 aromatic rings. The zero-order valence-corrected chi connectivity index (χ0v) is 17.4. The number of hydrogen-bond donors (Lipinski definition) is 1. The van der Waals surface area contributed by atoms with E-state index in [1.54, 1.807) is 7.11 Å². The van der Waals surface area contributed by atoms with Crippen LogP contribution < -0.4 is 10.1 Å². The predicted octanol–water partition coefficient (Wildman–Crippen LogP) is 4.27. The Hall–Kier alpha value is -1.34. The van der Waals surface area contributed by atoms with Crippen molar-refractivity contribution < 1.29 is 4.74 Å². The largest absolute Gasteiger partial charge is 0.497 e. The van der Waals surface area contributed by atoms with Crippen molar-refractivity contribution in [1.82, 2.24) is 19.9 Å². The first kappa shape index (κ1) is 20.4. The summed E-state index contributed by atoms with van der Waals surface area (Å²) in [5.74, 6) is 1.68. The second-order valence-electron chi connectivity index (χ2n) is 6.36. The van der Waals surface area contributed by atoms with Gasteiger partial charge in [-0.15, -0.1) is 0 Å². The third kappa shape index (κ3) is 5.82. The van der Waals surface area contributed by atoms with Crippen LogP contribution in [0, 0.1) is 0 Å². The van der Waals surface area contributed by atoms with Gasteiger partial charge in [-0.2, -0.15) is 9.97 Å². The molecule has 3 rings (SSSR count). The van der Waals surface area contributed by atoms with Crippen molar-refractivity contribution in [3.05, 3.63) is 30.1 Å². The molecule has 0 radical (unpaired) electrons. The Morgan fingerprint density at radius 2 is 1.78 bits per heavy atom. The van der Waals surface area contributed by atoms with Crippen molar-refractivity contribution in [2.45, 2.75) is 23.1 Å². The van der Waals surface area contributed by atoms with E-state index in [1.807, 2.05) is 24.3 Å². The molecule has 0 unspecified atom stereocenters. The van der Waals surface area contributed by atoms with Gasteiger partial charge >= 0.3 is 0 Å². The smallest absolute Gasteiger partial charge is 0.250 e. The summed E-state index contributed by atoms with van der Waals surface area (Å²) in [7, 11) is 1.61. The van der Waals surface area contributed by atoms with E-state index >= 15 is 0 Å². The van der Waals surface area contributed by atoms with Gasteiger partial charge in [0.05, 0.1) is 7.11 Å². The molecule has 2 heterocycles. The van der Waals surface area contributed by atoms with Gasteiger partial charge in [-0.25, -0.2) is 4.98 Å². The number of methoxy groups -OCH3 is 1. The number of likely N-dealkylation sites (tertiary alicyclic amines) is 1. The van der Waals surface area contributed by atoms with Gasteiger partial charge in [-0.05, 0) is 63.2 Å². The van der Waals surface area contributed by atoms with E-state index in [9.17, 15) is 0 Å². The van der Waals surface area contributed by atoms with Crippen LogP contribution in [0.2, 0.25) is 0 Å². The Bertz CT molecular complexity index is 746. The molecule has 1 aromatic heterocycles. The summed E-state index contributed by atoms with van der Waals surface area (Å²) in [6.07, 6.45) is 3.57. The zero-order chi connectivity index (χ0) is 19.3. The summed E-state index contributed by atoms with van der Waals surface area (Å²) in [5.41, 5.74) is 0.786. The summed E-state index contributed by atoms with van der Waals surface area (Å²) in [6, 6.07) is 7.37. The molecule has 1 saturated heterocycles. The lowest BCUT2D eigenvalue weighted by Gasteiger charge is -2.15. The fourth-order valence-electron chi connectivity index (χ4n) is 2.96. The second kappa shape index (κ2) is 9.24. The van der Waals surface area contributed by atoms with Crippen molar-refractivity contribution in [2.75, 3.05) is 38.6 Å². The van der Waals surface area contributed by atoms with E-state index in [0.29, 0.717) is 11.8 Å². The number of ether oxygens (including phenoxy) is 1. The Balaban J connectivity index is 1.73. The van der Waals surface area contributed by atoms with Crippen LogP contribution in [0.25, 0.3) is 11.4 Å².